The van der Waals surface area contributed by atoms with Crippen LogP contribution >= 0.6 is 0 Å². The maximum absolute atomic E-state index is 12.5. The molecule has 1 N–H and O–H groups in total. The van der Waals surface area contributed by atoms with Crippen molar-refractivity contribution < 1.29 is 14.3 Å². The maximum Gasteiger partial charge on any atom is 0.228 e. The molecule has 28 heavy (non-hydrogen) atoms. The van der Waals surface area contributed by atoms with Gasteiger partial charge >= 0.3 is 0 Å². The molecule has 0 atom stereocenters. The van der Waals surface area contributed by atoms with Gasteiger partial charge in [-0.1, -0.05) is 6.07 Å². The molecule has 0 aliphatic carbocycles. The second-order valence-electron chi connectivity index (χ2n) is 7.20. The van der Waals surface area contributed by atoms with Crippen LogP contribution in [-0.4, -0.2) is 58.3 Å². The van der Waals surface area contributed by atoms with Crippen LogP contribution < -0.4 is 19.7 Å². The van der Waals surface area contributed by atoms with E-state index in [2.05, 4.69) is 34.3 Å². The van der Waals surface area contributed by atoms with E-state index in [1.165, 1.54) is 5.69 Å². The first-order valence-corrected chi connectivity index (χ1v) is 9.55. The summed E-state index contributed by atoms with van der Waals surface area (Å²) in [6.45, 7) is 6.24. The molecule has 1 aliphatic rings. The fraction of sp³-hybridized carbons (Fsp3) is 0.409. The van der Waals surface area contributed by atoms with Crippen molar-refractivity contribution >= 4 is 17.3 Å². The number of likely N-dealkylation sites (N-methyl/N-ethyl adjacent to an activating group) is 1. The van der Waals surface area contributed by atoms with Crippen molar-refractivity contribution in [3.05, 3.63) is 47.5 Å². The molecule has 0 radical (unpaired) electrons. The largest absolute Gasteiger partial charge is 0.493 e. The van der Waals surface area contributed by atoms with Gasteiger partial charge in [0, 0.05) is 37.6 Å². The van der Waals surface area contributed by atoms with Gasteiger partial charge in [0.05, 0.1) is 20.6 Å². The maximum atomic E-state index is 12.5. The van der Waals surface area contributed by atoms with Crippen LogP contribution in [-0.2, 0) is 11.2 Å². The summed E-state index contributed by atoms with van der Waals surface area (Å²) in [5, 5.41) is 3.02. The van der Waals surface area contributed by atoms with Gasteiger partial charge in [-0.3, -0.25) is 4.79 Å². The summed E-state index contributed by atoms with van der Waals surface area (Å²) in [6.07, 6.45) is 0.278. The fourth-order valence-corrected chi connectivity index (χ4v) is 3.42. The van der Waals surface area contributed by atoms with Crippen LogP contribution in [0.25, 0.3) is 0 Å². The van der Waals surface area contributed by atoms with Gasteiger partial charge in [-0.2, -0.15) is 0 Å². The van der Waals surface area contributed by atoms with Crippen LogP contribution in [0.2, 0.25) is 0 Å². The molecule has 6 heteroatoms. The lowest BCUT2D eigenvalue weighted by Gasteiger charge is -2.34. The number of benzene rings is 2. The number of ether oxygens (including phenoxy) is 2. The van der Waals surface area contributed by atoms with E-state index < -0.39 is 0 Å². The van der Waals surface area contributed by atoms with Crippen LogP contribution in [0.4, 0.5) is 11.4 Å². The molecule has 0 saturated carbocycles. The Labute approximate surface area is 167 Å². The molecule has 1 amide bonds. The molecule has 3 rings (SSSR count). The van der Waals surface area contributed by atoms with E-state index in [0.29, 0.717) is 11.5 Å². The SMILES string of the molecule is COc1ccc(CC(=O)Nc2ccc(N3CCN(C)CC3)cc2C)cc1OC. The molecule has 1 aliphatic heterocycles. The van der Waals surface area contributed by atoms with Gasteiger partial charge in [-0.05, 0) is 55.4 Å². The number of piperazine rings is 1. The van der Waals surface area contributed by atoms with Crippen molar-refractivity contribution in [2.24, 2.45) is 0 Å². The Kier molecular flexibility index (Phi) is 6.41. The van der Waals surface area contributed by atoms with Gasteiger partial charge < -0.3 is 24.6 Å². The van der Waals surface area contributed by atoms with Gasteiger partial charge in [0.25, 0.3) is 0 Å². The van der Waals surface area contributed by atoms with Crippen molar-refractivity contribution in [2.45, 2.75) is 13.3 Å². The van der Waals surface area contributed by atoms with Crippen molar-refractivity contribution in [2.75, 3.05) is 57.7 Å². The Balaban J connectivity index is 1.64. The van der Waals surface area contributed by atoms with Crippen LogP contribution in [0.15, 0.2) is 36.4 Å². The number of methoxy groups -OCH3 is 2. The lowest BCUT2D eigenvalue weighted by Crippen LogP contribution is -2.44. The van der Waals surface area contributed by atoms with E-state index in [4.69, 9.17) is 9.47 Å². The average molecular weight is 383 g/mol. The smallest absolute Gasteiger partial charge is 0.228 e. The summed E-state index contributed by atoms with van der Waals surface area (Å²) in [6, 6.07) is 11.8. The van der Waals surface area contributed by atoms with Crippen LogP contribution in [0.1, 0.15) is 11.1 Å². The van der Waals surface area contributed by atoms with E-state index in [-0.39, 0.29) is 12.3 Å². The first kappa shape index (κ1) is 20.0. The Morgan fingerprint density at radius 1 is 1.00 bits per heavy atom. The van der Waals surface area contributed by atoms with E-state index >= 15 is 0 Å². The van der Waals surface area contributed by atoms with Gasteiger partial charge in [0.1, 0.15) is 0 Å². The van der Waals surface area contributed by atoms with Crippen LogP contribution in [0.5, 0.6) is 11.5 Å². The predicted molar refractivity (Wildman–Crippen MR) is 113 cm³/mol. The van der Waals surface area contributed by atoms with Crippen LogP contribution in [0, 0.1) is 6.92 Å². The van der Waals surface area contributed by atoms with Gasteiger partial charge in [-0.15, -0.1) is 0 Å². The van der Waals surface area contributed by atoms with Crippen molar-refractivity contribution in [3.8, 4) is 11.5 Å². The second-order valence-corrected chi connectivity index (χ2v) is 7.20. The third kappa shape index (κ3) is 4.75. The minimum absolute atomic E-state index is 0.0531. The number of nitrogens with one attached hydrogen (secondary N) is 1. The summed E-state index contributed by atoms with van der Waals surface area (Å²) in [4.78, 5) is 17.2. The van der Waals surface area contributed by atoms with E-state index in [9.17, 15) is 4.79 Å². The zero-order valence-electron chi connectivity index (χ0n) is 17.1. The molecule has 0 aromatic heterocycles. The summed E-state index contributed by atoms with van der Waals surface area (Å²) in [7, 11) is 5.34. The third-order valence-electron chi connectivity index (χ3n) is 5.17. The highest BCUT2D eigenvalue weighted by Gasteiger charge is 2.15. The number of anilines is 2. The summed E-state index contributed by atoms with van der Waals surface area (Å²) in [5.41, 5.74) is 4.01. The number of rotatable bonds is 6. The zero-order valence-corrected chi connectivity index (χ0v) is 17.1. The zero-order chi connectivity index (χ0) is 20.1. The Morgan fingerprint density at radius 3 is 2.36 bits per heavy atom. The number of nitrogens with zero attached hydrogens (tertiary/aromatic N) is 2. The number of hydrogen-bond acceptors (Lipinski definition) is 5. The number of amides is 1. The molecule has 0 spiro atoms. The Morgan fingerprint density at radius 2 is 1.71 bits per heavy atom. The Bertz CT molecular complexity index is 830. The lowest BCUT2D eigenvalue weighted by molar-refractivity contribution is -0.115. The number of hydrogen-bond donors (Lipinski definition) is 1. The number of aryl methyl sites for hydroxylation is 1. The van der Waals surface area contributed by atoms with E-state index in [1.807, 2.05) is 31.2 Å². The van der Waals surface area contributed by atoms with Crippen molar-refractivity contribution in [1.29, 1.82) is 0 Å². The summed E-state index contributed by atoms with van der Waals surface area (Å²) < 4.78 is 10.6. The standard InChI is InChI=1S/C22H29N3O3/c1-16-13-18(25-11-9-24(2)10-12-25)6-7-19(16)23-22(26)15-17-5-8-20(27-3)21(14-17)28-4/h5-8,13-14H,9-12,15H2,1-4H3,(H,23,26). The minimum atomic E-state index is -0.0531. The average Bonchev–Trinajstić information content (AvgIpc) is 2.70. The van der Waals surface area contributed by atoms with Gasteiger partial charge in [-0.25, -0.2) is 0 Å². The summed E-state index contributed by atoms with van der Waals surface area (Å²) in [5.74, 6) is 1.23. The second kappa shape index (κ2) is 8.97. The highest BCUT2D eigenvalue weighted by atomic mass is 16.5. The minimum Gasteiger partial charge on any atom is -0.493 e. The van der Waals surface area contributed by atoms with Crippen molar-refractivity contribution in [1.82, 2.24) is 4.90 Å². The molecule has 0 bridgehead atoms. The third-order valence-corrected chi connectivity index (χ3v) is 5.17. The molecule has 2 aromatic carbocycles. The molecular formula is C22H29N3O3. The molecular weight excluding hydrogens is 354 g/mol. The first-order chi connectivity index (χ1) is 13.5. The van der Waals surface area contributed by atoms with Gasteiger partial charge in [0.2, 0.25) is 5.91 Å². The highest BCUT2D eigenvalue weighted by molar-refractivity contribution is 5.93. The van der Waals surface area contributed by atoms with Crippen LogP contribution in [0.3, 0.4) is 0 Å². The number of carbonyl (C=O) groups excluding carboxylic acids is 1. The molecule has 1 saturated heterocycles. The monoisotopic (exact) mass is 383 g/mol. The highest BCUT2D eigenvalue weighted by Crippen LogP contribution is 2.28. The van der Waals surface area contributed by atoms with E-state index in [1.54, 1.807) is 14.2 Å². The molecule has 1 heterocycles. The topological polar surface area (TPSA) is 54.0 Å². The fourth-order valence-electron chi connectivity index (χ4n) is 3.42. The predicted octanol–water partition coefficient (Wildman–Crippen LogP) is 2.95. The van der Waals surface area contributed by atoms with Gasteiger partial charge in [0.15, 0.2) is 11.5 Å². The van der Waals surface area contributed by atoms with E-state index in [0.717, 1.165) is 43.0 Å². The molecule has 2 aromatic rings. The van der Waals surface area contributed by atoms with Crippen molar-refractivity contribution in [3.63, 3.8) is 0 Å². The molecule has 6 nitrogen and oxygen atoms in total. The molecule has 150 valence electrons. The quantitative estimate of drug-likeness (QED) is 0.831. The normalized spacial score (nSPS) is 14.6. The summed E-state index contributed by atoms with van der Waals surface area (Å²) >= 11 is 0. The first-order valence-electron chi connectivity index (χ1n) is 9.55. The molecule has 0 unspecified atom stereocenters. The number of carbonyl (C=O) groups is 1. The molecule has 1 fully saturated rings. The lowest BCUT2D eigenvalue weighted by atomic mass is 10.1. The Hall–Kier alpha value is -2.73.